The first-order valence-corrected chi connectivity index (χ1v) is 4.50. The monoisotopic (exact) mass is 190 g/mol. The van der Waals surface area contributed by atoms with Crippen LogP contribution in [0.1, 0.15) is 12.8 Å². The van der Waals surface area contributed by atoms with Crippen molar-refractivity contribution in [2.45, 2.75) is 18.9 Å². The smallest absolute Gasteiger partial charge is 0.303 e. The Morgan fingerprint density at radius 3 is 2.00 bits per heavy atom. The van der Waals surface area contributed by atoms with E-state index in [0.29, 0.717) is 0 Å². The maximum absolute atomic E-state index is 10.2. The molecular formula is C5H7N2O4P. The zero-order valence-electron chi connectivity index (χ0n) is 6.04. The van der Waals surface area contributed by atoms with Crippen molar-refractivity contribution in [3.8, 4) is 12.1 Å². The van der Waals surface area contributed by atoms with E-state index >= 15 is 0 Å². The number of nitriles is 2. The fourth-order valence-corrected chi connectivity index (χ4v) is 1.08. The van der Waals surface area contributed by atoms with Crippen molar-refractivity contribution in [3.05, 3.63) is 0 Å². The first-order chi connectivity index (χ1) is 5.49. The fourth-order valence-electron chi connectivity index (χ4n) is 0.545. The number of hydrogen-bond acceptors (Lipinski definition) is 4. The van der Waals surface area contributed by atoms with Gasteiger partial charge in [-0.05, 0) is 0 Å². The molecule has 0 aromatic heterocycles. The molecule has 0 aliphatic heterocycles. The summed E-state index contributed by atoms with van der Waals surface area (Å²) in [6, 6.07) is 3.31. The van der Waals surface area contributed by atoms with Crippen molar-refractivity contribution in [1.82, 2.24) is 0 Å². The first kappa shape index (κ1) is 11.1. The topological polar surface area (TPSA) is 114 Å². The minimum absolute atomic E-state index is 0.210. The predicted molar refractivity (Wildman–Crippen MR) is 37.4 cm³/mol. The molecule has 0 saturated heterocycles. The summed E-state index contributed by atoms with van der Waals surface area (Å²) in [6.45, 7) is 0. The Morgan fingerprint density at radius 2 is 1.75 bits per heavy atom. The zero-order valence-corrected chi connectivity index (χ0v) is 6.94. The second-order valence-corrected chi connectivity index (χ2v) is 3.13. The molecule has 0 amide bonds. The third-order valence-electron chi connectivity index (χ3n) is 0.924. The highest BCUT2D eigenvalue weighted by atomic mass is 31.2. The molecule has 0 spiro atoms. The Kier molecular flexibility index (Phi) is 4.50. The van der Waals surface area contributed by atoms with Crippen molar-refractivity contribution in [2.75, 3.05) is 0 Å². The van der Waals surface area contributed by atoms with Crippen LogP contribution in [0.4, 0.5) is 0 Å². The maximum Gasteiger partial charge on any atom is 0.469 e. The highest BCUT2D eigenvalue weighted by Gasteiger charge is 2.21. The normalized spacial score (nSPS) is 10.8. The quantitative estimate of drug-likeness (QED) is 0.615. The standard InChI is InChI=1S/C5H7N2O4P/c6-3-1-5(2-4-7)11-12(8,9)10/h5H,1-2H2,(H2,8,9,10). The van der Waals surface area contributed by atoms with E-state index in [1.54, 1.807) is 12.1 Å². The fraction of sp³-hybridized carbons (Fsp3) is 0.600. The molecule has 0 aliphatic carbocycles. The van der Waals surface area contributed by atoms with E-state index < -0.39 is 13.9 Å². The molecule has 0 fully saturated rings. The molecule has 12 heavy (non-hydrogen) atoms. The highest BCUT2D eigenvalue weighted by Crippen LogP contribution is 2.38. The molecule has 7 heteroatoms. The summed E-state index contributed by atoms with van der Waals surface area (Å²) >= 11 is 0. The van der Waals surface area contributed by atoms with E-state index in [-0.39, 0.29) is 12.8 Å². The summed E-state index contributed by atoms with van der Waals surface area (Å²) in [6.07, 6.45) is -1.43. The van der Waals surface area contributed by atoms with Gasteiger partial charge in [0.2, 0.25) is 0 Å². The van der Waals surface area contributed by atoms with Gasteiger partial charge in [-0.2, -0.15) is 10.5 Å². The van der Waals surface area contributed by atoms with Gasteiger partial charge in [-0.25, -0.2) is 4.57 Å². The molecule has 66 valence electrons. The molecule has 0 aromatic rings. The molecule has 2 N–H and O–H groups in total. The second kappa shape index (κ2) is 4.87. The Labute approximate surface area is 69.2 Å². The van der Waals surface area contributed by atoms with Gasteiger partial charge in [-0.15, -0.1) is 0 Å². The number of nitrogens with zero attached hydrogens (tertiary/aromatic N) is 2. The molecule has 0 unspecified atom stereocenters. The lowest BCUT2D eigenvalue weighted by Gasteiger charge is -2.11. The van der Waals surface area contributed by atoms with E-state index in [2.05, 4.69) is 4.52 Å². The van der Waals surface area contributed by atoms with Gasteiger partial charge in [-0.3, -0.25) is 4.52 Å². The lowest BCUT2D eigenvalue weighted by molar-refractivity contribution is 0.138. The van der Waals surface area contributed by atoms with E-state index in [9.17, 15) is 4.57 Å². The molecule has 0 aromatic carbocycles. The summed E-state index contributed by atoms with van der Waals surface area (Å²) < 4.78 is 14.4. The Bertz CT molecular complexity index is 244. The van der Waals surface area contributed by atoms with Crippen LogP contribution in [-0.2, 0) is 9.09 Å². The van der Waals surface area contributed by atoms with Crippen LogP contribution in [0, 0.1) is 22.7 Å². The van der Waals surface area contributed by atoms with Crippen LogP contribution < -0.4 is 0 Å². The van der Waals surface area contributed by atoms with Gasteiger partial charge in [0.1, 0.15) is 0 Å². The van der Waals surface area contributed by atoms with Crippen molar-refractivity contribution >= 4 is 7.82 Å². The maximum atomic E-state index is 10.2. The lowest BCUT2D eigenvalue weighted by atomic mass is 10.2. The summed E-state index contributed by atoms with van der Waals surface area (Å²) in [5, 5.41) is 16.3. The van der Waals surface area contributed by atoms with Crippen LogP contribution in [0.2, 0.25) is 0 Å². The molecule has 0 saturated carbocycles. The van der Waals surface area contributed by atoms with Crippen molar-refractivity contribution in [1.29, 1.82) is 10.5 Å². The third-order valence-corrected chi connectivity index (χ3v) is 1.50. The van der Waals surface area contributed by atoms with E-state index in [4.69, 9.17) is 20.3 Å². The summed E-state index contributed by atoms with van der Waals surface area (Å²) in [7, 11) is -4.58. The van der Waals surface area contributed by atoms with E-state index in [0.717, 1.165) is 0 Å². The largest absolute Gasteiger partial charge is 0.469 e. The summed E-state index contributed by atoms with van der Waals surface area (Å²) in [4.78, 5) is 16.6. The SMILES string of the molecule is N#CCC(CC#N)OP(=O)(O)O. The van der Waals surface area contributed by atoms with Crippen LogP contribution >= 0.6 is 7.82 Å². The average molecular weight is 190 g/mol. The van der Waals surface area contributed by atoms with Crippen molar-refractivity contribution in [2.24, 2.45) is 0 Å². The molecule has 0 bridgehead atoms. The second-order valence-electron chi connectivity index (χ2n) is 1.94. The molecule has 0 rings (SSSR count). The van der Waals surface area contributed by atoms with Crippen molar-refractivity contribution < 1.29 is 18.9 Å². The number of phosphoric acid groups is 1. The molecule has 0 radical (unpaired) electrons. The number of phosphoric ester groups is 1. The minimum atomic E-state index is -4.58. The lowest BCUT2D eigenvalue weighted by Crippen LogP contribution is -2.09. The Hall–Kier alpha value is -0.910. The number of hydrogen-bond donors (Lipinski definition) is 2. The van der Waals surface area contributed by atoms with E-state index in [1.807, 2.05) is 0 Å². The Morgan fingerprint density at radius 1 is 1.33 bits per heavy atom. The van der Waals surface area contributed by atoms with E-state index in [1.165, 1.54) is 0 Å². The average Bonchev–Trinajstić information content (AvgIpc) is 1.84. The zero-order chi connectivity index (χ0) is 9.61. The molecule has 6 nitrogen and oxygen atoms in total. The van der Waals surface area contributed by atoms with Crippen molar-refractivity contribution in [3.63, 3.8) is 0 Å². The third kappa shape index (κ3) is 5.84. The van der Waals surface area contributed by atoms with Crippen LogP contribution in [-0.4, -0.2) is 15.9 Å². The van der Waals surface area contributed by atoms with Gasteiger partial charge in [0, 0.05) is 0 Å². The summed E-state index contributed by atoms with van der Waals surface area (Å²) in [5.74, 6) is 0. The molecule has 0 atom stereocenters. The Balaban J connectivity index is 4.08. The number of rotatable bonds is 4. The summed E-state index contributed by atoms with van der Waals surface area (Å²) in [5.41, 5.74) is 0. The van der Waals surface area contributed by atoms with Gasteiger partial charge in [0.25, 0.3) is 0 Å². The van der Waals surface area contributed by atoms with Gasteiger partial charge < -0.3 is 9.79 Å². The van der Waals surface area contributed by atoms with Crippen LogP contribution in [0.3, 0.4) is 0 Å². The van der Waals surface area contributed by atoms with Crippen LogP contribution in [0.5, 0.6) is 0 Å². The van der Waals surface area contributed by atoms with Gasteiger partial charge in [0.15, 0.2) is 0 Å². The van der Waals surface area contributed by atoms with Crippen LogP contribution in [0.15, 0.2) is 0 Å². The van der Waals surface area contributed by atoms with Gasteiger partial charge in [0.05, 0.1) is 31.1 Å². The first-order valence-electron chi connectivity index (χ1n) is 2.97. The molecule has 0 heterocycles. The molecular weight excluding hydrogens is 183 g/mol. The highest BCUT2D eigenvalue weighted by molar-refractivity contribution is 7.46. The predicted octanol–water partition coefficient (Wildman–Crippen LogP) is 0.292. The van der Waals surface area contributed by atoms with Gasteiger partial charge >= 0.3 is 7.82 Å². The van der Waals surface area contributed by atoms with Crippen LogP contribution in [0.25, 0.3) is 0 Å². The minimum Gasteiger partial charge on any atom is -0.303 e. The van der Waals surface area contributed by atoms with Gasteiger partial charge in [-0.1, -0.05) is 0 Å². The molecule has 0 aliphatic rings.